The highest BCUT2D eigenvalue weighted by atomic mass is 19.1. The van der Waals surface area contributed by atoms with E-state index in [0.717, 1.165) is 0 Å². The van der Waals surface area contributed by atoms with Crippen molar-refractivity contribution in [2.75, 3.05) is 0 Å². The molecule has 1 heterocycles. The van der Waals surface area contributed by atoms with Gasteiger partial charge in [0, 0.05) is 0 Å². The van der Waals surface area contributed by atoms with Gasteiger partial charge >= 0.3 is 5.97 Å². The standard InChI is InChI=1S/C11H9FN2O3/c12-8-4-2-1-3-7(8)5-10-13-9(14-17-10)6-11(15)16/h1-4H,5-6H2,(H,15,16). The fourth-order valence-electron chi connectivity index (χ4n) is 1.37. The summed E-state index contributed by atoms with van der Waals surface area (Å²) < 4.78 is 18.1. The Labute approximate surface area is 95.9 Å². The van der Waals surface area contributed by atoms with Crippen molar-refractivity contribution >= 4 is 5.97 Å². The molecule has 0 spiro atoms. The Morgan fingerprint density at radius 2 is 2.18 bits per heavy atom. The van der Waals surface area contributed by atoms with Gasteiger partial charge in [-0.05, 0) is 11.6 Å². The second-order valence-corrected chi connectivity index (χ2v) is 3.44. The molecular formula is C11H9FN2O3. The second kappa shape index (κ2) is 4.73. The molecular weight excluding hydrogens is 227 g/mol. The molecule has 0 amide bonds. The molecule has 17 heavy (non-hydrogen) atoms. The van der Waals surface area contributed by atoms with Crippen molar-refractivity contribution in [2.45, 2.75) is 12.8 Å². The van der Waals surface area contributed by atoms with Crippen LogP contribution in [0.4, 0.5) is 4.39 Å². The smallest absolute Gasteiger partial charge is 0.311 e. The molecule has 5 nitrogen and oxygen atoms in total. The molecule has 0 bridgehead atoms. The van der Waals surface area contributed by atoms with E-state index in [1.54, 1.807) is 18.2 Å². The Kier molecular flexibility index (Phi) is 3.13. The summed E-state index contributed by atoms with van der Waals surface area (Å²) in [5, 5.41) is 12.0. The molecule has 0 saturated heterocycles. The molecule has 2 rings (SSSR count). The first-order chi connectivity index (χ1) is 8.15. The summed E-state index contributed by atoms with van der Waals surface area (Å²) in [6, 6.07) is 6.23. The average molecular weight is 236 g/mol. The van der Waals surface area contributed by atoms with Crippen LogP contribution >= 0.6 is 0 Å². The summed E-state index contributed by atoms with van der Waals surface area (Å²) in [5.41, 5.74) is 0.429. The maximum atomic E-state index is 13.3. The lowest BCUT2D eigenvalue weighted by Gasteiger charge is -1.97. The monoisotopic (exact) mass is 236 g/mol. The number of carboxylic acid groups (broad SMARTS) is 1. The van der Waals surface area contributed by atoms with Crippen LogP contribution in [0, 0.1) is 5.82 Å². The van der Waals surface area contributed by atoms with Crippen molar-refractivity contribution in [3.8, 4) is 0 Å². The average Bonchev–Trinajstić information content (AvgIpc) is 2.68. The molecule has 0 aliphatic heterocycles. The van der Waals surface area contributed by atoms with Crippen LogP contribution in [0.15, 0.2) is 28.8 Å². The van der Waals surface area contributed by atoms with Crippen molar-refractivity contribution in [3.05, 3.63) is 47.4 Å². The highest BCUT2D eigenvalue weighted by molar-refractivity contribution is 5.68. The minimum atomic E-state index is -1.04. The first kappa shape index (κ1) is 11.3. The van der Waals surface area contributed by atoms with E-state index >= 15 is 0 Å². The molecule has 0 atom stereocenters. The SMILES string of the molecule is O=C(O)Cc1noc(Cc2ccccc2F)n1. The summed E-state index contributed by atoms with van der Waals surface area (Å²) in [6.07, 6.45) is -0.153. The lowest BCUT2D eigenvalue weighted by atomic mass is 10.1. The molecule has 0 saturated carbocycles. The zero-order chi connectivity index (χ0) is 12.3. The van der Waals surface area contributed by atoms with E-state index in [1.165, 1.54) is 6.07 Å². The Hall–Kier alpha value is -2.24. The van der Waals surface area contributed by atoms with Crippen LogP contribution in [0.2, 0.25) is 0 Å². The molecule has 6 heteroatoms. The fraction of sp³-hybridized carbons (Fsp3) is 0.182. The fourth-order valence-corrected chi connectivity index (χ4v) is 1.37. The largest absolute Gasteiger partial charge is 0.481 e. The number of aliphatic carboxylic acids is 1. The van der Waals surface area contributed by atoms with Gasteiger partial charge in [0.2, 0.25) is 5.89 Å². The van der Waals surface area contributed by atoms with Crippen LogP contribution in [-0.4, -0.2) is 21.2 Å². The number of nitrogens with zero attached hydrogens (tertiary/aromatic N) is 2. The van der Waals surface area contributed by atoms with Crippen LogP contribution < -0.4 is 0 Å². The van der Waals surface area contributed by atoms with Gasteiger partial charge in [0.1, 0.15) is 12.2 Å². The summed E-state index contributed by atoms with van der Waals surface area (Å²) in [7, 11) is 0. The Bertz CT molecular complexity index is 539. The highest BCUT2D eigenvalue weighted by Crippen LogP contribution is 2.11. The van der Waals surface area contributed by atoms with E-state index in [1.807, 2.05) is 0 Å². The summed E-state index contributed by atoms with van der Waals surface area (Å²) >= 11 is 0. The van der Waals surface area contributed by atoms with Crippen LogP contribution in [0.1, 0.15) is 17.3 Å². The van der Waals surface area contributed by atoms with Crippen LogP contribution in [0.5, 0.6) is 0 Å². The maximum Gasteiger partial charge on any atom is 0.311 e. The number of carbonyl (C=O) groups is 1. The number of hydrogen-bond donors (Lipinski definition) is 1. The summed E-state index contributed by atoms with van der Waals surface area (Å²) in [6.45, 7) is 0. The van der Waals surface area contributed by atoms with Crippen molar-refractivity contribution in [2.24, 2.45) is 0 Å². The van der Waals surface area contributed by atoms with Crippen molar-refractivity contribution in [1.82, 2.24) is 10.1 Å². The van der Waals surface area contributed by atoms with Gasteiger partial charge in [-0.15, -0.1) is 0 Å². The van der Waals surface area contributed by atoms with Gasteiger partial charge in [0.25, 0.3) is 0 Å². The molecule has 0 unspecified atom stereocenters. The minimum absolute atomic E-state index is 0.0869. The van der Waals surface area contributed by atoms with E-state index in [2.05, 4.69) is 10.1 Å². The summed E-state index contributed by atoms with van der Waals surface area (Å²) in [4.78, 5) is 14.3. The molecule has 1 aromatic carbocycles. The van der Waals surface area contributed by atoms with Crippen molar-refractivity contribution in [1.29, 1.82) is 0 Å². The van der Waals surface area contributed by atoms with E-state index in [0.29, 0.717) is 5.56 Å². The minimum Gasteiger partial charge on any atom is -0.481 e. The van der Waals surface area contributed by atoms with Crippen molar-refractivity contribution < 1.29 is 18.8 Å². The topological polar surface area (TPSA) is 76.2 Å². The maximum absolute atomic E-state index is 13.3. The van der Waals surface area contributed by atoms with Gasteiger partial charge in [-0.25, -0.2) is 4.39 Å². The molecule has 2 aromatic rings. The number of aromatic nitrogens is 2. The van der Waals surface area contributed by atoms with Gasteiger partial charge in [-0.1, -0.05) is 23.4 Å². The second-order valence-electron chi connectivity index (χ2n) is 3.44. The third-order valence-electron chi connectivity index (χ3n) is 2.12. The van der Waals surface area contributed by atoms with Gasteiger partial charge < -0.3 is 9.63 Å². The molecule has 1 aromatic heterocycles. The van der Waals surface area contributed by atoms with Crippen molar-refractivity contribution in [3.63, 3.8) is 0 Å². The Morgan fingerprint density at radius 3 is 2.88 bits per heavy atom. The molecule has 0 aliphatic rings. The van der Waals surface area contributed by atoms with E-state index in [-0.39, 0.29) is 30.4 Å². The number of benzene rings is 1. The number of rotatable bonds is 4. The van der Waals surface area contributed by atoms with E-state index in [4.69, 9.17) is 9.63 Å². The highest BCUT2D eigenvalue weighted by Gasteiger charge is 2.11. The summed E-state index contributed by atoms with van der Waals surface area (Å²) in [5.74, 6) is -1.11. The quantitative estimate of drug-likeness (QED) is 0.868. The predicted octanol–water partition coefficient (Wildman–Crippen LogP) is 1.43. The normalized spacial score (nSPS) is 10.4. The van der Waals surface area contributed by atoms with E-state index < -0.39 is 5.97 Å². The van der Waals surface area contributed by atoms with Gasteiger partial charge in [0.15, 0.2) is 5.82 Å². The van der Waals surface area contributed by atoms with Crippen LogP contribution in [-0.2, 0) is 17.6 Å². The number of halogens is 1. The van der Waals surface area contributed by atoms with Crippen LogP contribution in [0.3, 0.4) is 0 Å². The van der Waals surface area contributed by atoms with Gasteiger partial charge in [-0.2, -0.15) is 4.98 Å². The number of carboxylic acids is 1. The molecule has 88 valence electrons. The Balaban J connectivity index is 2.12. The number of hydrogen-bond acceptors (Lipinski definition) is 4. The zero-order valence-electron chi connectivity index (χ0n) is 8.76. The van der Waals surface area contributed by atoms with E-state index in [9.17, 15) is 9.18 Å². The Morgan fingerprint density at radius 1 is 1.41 bits per heavy atom. The molecule has 0 aliphatic carbocycles. The van der Waals surface area contributed by atoms with Crippen LogP contribution in [0.25, 0.3) is 0 Å². The first-order valence-corrected chi connectivity index (χ1v) is 4.92. The first-order valence-electron chi connectivity index (χ1n) is 4.92. The zero-order valence-corrected chi connectivity index (χ0v) is 8.76. The van der Waals surface area contributed by atoms with Gasteiger partial charge in [0.05, 0.1) is 6.42 Å². The predicted molar refractivity (Wildman–Crippen MR) is 54.8 cm³/mol. The molecule has 0 fully saturated rings. The molecule has 1 N–H and O–H groups in total. The third-order valence-corrected chi connectivity index (χ3v) is 2.12. The lowest BCUT2D eigenvalue weighted by molar-refractivity contribution is -0.136. The molecule has 0 radical (unpaired) electrons. The van der Waals surface area contributed by atoms with Gasteiger partial charge in [-0.3, -0.25) is 4.79 Å². The lowest BCUT2D eigenvalue weighted by Crippen LogP contribution is -2.02. The third kappa shape index (κ3) is 2.87.